The molecule has 1 heterocycles. The Morgan fingerprint density at radius 3 is 2.48 bits per heavy atom. The monoisotopic (exact) mass is 453 g/mol. The number of hydrogen-bond acceptors (Lipinski definition) is 4. The first-order valence-electron chi connectivity index (χ1n) is 8.75. The Morgan fingerprint density at radius 1 is 1.15 bits per heavy atom. The molecule has 0 amide bonds. The quantitative estimate of drug-likeness (QED) is 0.677. The predicted octanol–water partition coefficient (Wildman–Crippen LogP) is 4.48. The maximum atomic E-state index is 11.6. The fourth-order valence-electron chi connectivity index (χ4n) is 3.30. The van der Waals surface area contributed by atoms with Crippen molar-refractivity contribution in [1.29, 1.82) is 0 Å². The lowest BCUT2D eigenvalue weighted by atomic mass is 9.78. The van der Waals surface area contributed by atoms with Gasteiger partial charge in [-0.05, 0) is 39.2 Å². The molecule has 2 aromatic rings. The number of benzene rings is 2. The van der Waals surface area contributed by atoms with Crippen molar-refractivity contribution >= 4 is 34.3 Å². The average Bonchev–Trinajstić information content (AvgIpc) is 3.12. The molecule has 4 nitrogen and oxygen atoms in total. The molecule has 0 saturated carbocycles. The van der Waals surface area contributed by atoms with E-state index in [-0.39, 0.29) is 35.9 Å². The summed E-state index contributed by atoms with van der Waals surface area (Å²) in [6, 6.07) is 16.4. The van der Waals surface area contributed by atoms with Crippen molar-refractivity contribution in [2.75, 3.05) is 13.7 Å². The molecule has 0 aromatic heterocycles. The Bertz CT molecular complexity index is 782. The minimum atomic E-state index is -0.292. The molecule has 1 aliphatic heterocycles. The predicted molar refractivity (Wildman–Crippen MR) is 113 cm³/mol. The highest BCUT2D eigenvalue weighted by molar-refractivity contribution is 9.10. The second-order valence-electron chi connectivity index (χ2n) is 7.10. The van der Waals surface area contributed by atoms with Crippen LogP contribution in [0.25, 0.3) is 0 Å². The van der Waals surface area contributed by atoms with E-state index in [0.29, 0.717) is 13.0 Å². The summed E-state index contributed by atoms with van der Waals surface area (Å²) in [5.74, 6) is 0.546. The summed E-state index contributed by atoms with van der Waals surface area (Å²) in [7, 11) is 1.40. The van der Waals surface area contributed by atoms with Gasteiger partial charge < -0.3 is 14.8 Å². The number of ether oxygens (including phenoxy) is 2. The smallest absolute Gasteiger partial charge is 0.323 e. The molecule has 2 atom stereocenters. The van der Waals surface area contributed by atoms with Crippen LogP contribution >= 0.6 is 28.3 Å². The maximum absolute atomic E-state index is 11.6. The number of rotatable bonds is 5. The minimum absolute atomic E-state index is 0. The van der Waals surface area contributed by atoms with E-state index in [0.717, 1.165) is 10.2 Å². The van der Waals surface area contributed by atoms with Crippen LogP contribution in [0.15, 0.2) is 53.0 Å². The van der Waals surface area contributed by atoms with Crippen molar-refractivity contribution in [3.05, 3.63) is 64.1 Å². The first kappa shape index (κ1) is 21.7. The van der Waals surface area contributed by atoms with Crippen molar-refractivity contribution in [1.82, 2.24) is 5.32 Å². The fourth-order valence-corrected chi connectivity index (χ4v) is 3.77. The first-order chi connectivity index (χ1) is 12.4. The molecule has 146 valence electrons. The van der Waals surface area contributed by atoms with Gasteiger partial charge in [-0.1, -0.05) is 50.2 Å². The number of carbonyl (C=O) groups excluding carboxylic acids is 1. The van der Waals surface area contributed by atoms with Gasteiger partial charge in [-0.2, -0.15) is 0 Å². The summed E-state index contributed by atoms with van der Waals surface area (Å²) in [6.45, 7) is 5.06. The Kier molecular flexibility index (Phi) is 7.32. The average molecular weight is 455 g/mol. The zero-order valence-electron chi connectivity index (χ0n) is 15.7. The van der Waals surface area contributed by atoms with Gasteiger partial charge in [0.15, 0.2) is 0 Å². The molecule has 3 rings (SSSR count). The number of methoxy groups -OCH3 is 1. The second kappa shape index (κ2) is 9.09. The standard InChI is InChI=1S/C21H24BrNO3.ClH/c1-21(2,14-7-5-4-6-8-14)15-9-10-19(17(22)11-15)26-16-12-18(23-13-16)20(24)25-3;/h4-11,16,18,23H,12-13H2,1-3H3;1H/t16-,18+;/m1./s1. The zero-order chi connectivity index (χ0) is 18.7. The Morgan fingerprint density at radius 2 is 1.85 bits per heavy atom. The summed E-state index contributed by atoms with van der Waals surface area (Å²) in [6.07, 6.45) is 0.555. The molecule has 1 saturated heterocycles. The summed E-state index contributed by atoms with van der Waals surface area (Å²) < 4.78 is 11.8. The van der Waals surface area contributed by atoms with Gasteiger partial charge in [-0.15, -0.1) is 12.4 Å². The van der Waals surface area contributed by atoms with Crippen LogP contribution in [0.1, 0.15) is 31.4 Å². The molecule has 27 heavy (non-hydrogen) atoms. The lowest BCUT2D eigenvalue weighted by Crippen LogP contribution is -2.31. The van der Waals surface area contributed by atoms with Gasteiger partial charge in [-0.25, -0.2) is 0 Å². The van der Waals surface area contributed by atoms with E-state index in [1.54, 1.807) is 0 Å². The van der Waals surface area contributed by atoms with Crippen molar-refractivity contribution in [2.24, 2.45) is 0 Å². The normalized spacial score (nSPS) is 19.3. The van der Waals surface area contributed by atoms with Gasteiger partial charge in [0, 0.05) is 18.4 Å². The highest BCUT2D eigenvalue weighted by atomic mass is 79.9. The topological polar surface area (TPSA) is 47.6 Å². The number of halogens is 2. The van der Waals surface area contributed by atoms with Crippen LogP contribution in [-0.4, -0.2) is 31.8 Å². The number of esters is 1. The molecule has 2 aromatic carbocycles. The van der Waals surface area contributed by atoms with Gasteiger partial charge in [-0.3, -0.25) is 4.79 Å². The molecular weight excluding hydrogens is 430 g/mol. The largest absolute Gasteiger partial charge is 0.488 e. The lowest BCUT2D eigenvalue weighted by molar-refractivity contribution is -0.142. The second-order valence-corrected chi connectivity index (χ2v) is 7.95. The van der Waals surface area contributed by atoms with Gasteiger partial charge in [0.2, 0.25) is 0 Å². The molecule has 1 N–H and O–H groups in total. The van der Waals surface area contributed by atoms with Crippen molar-refractivity contribution in [2.45, 2.75) is 37.8 Å². The van der Waals surface area contributed by atoms with Crippen molar-refractivity contribution in [3.8, 4) is 5.75 Å². The molecule has 6 heteroatoms. The molecule has 0 radical (unpaired) electrons. The van der Waals surface area contributed by atoms with E-state index in [1.165, 1.54) is 18.2 Å². The fraction of sp³-hybridized carbons (Fsp3) is 0.381. The summed E-state index contributed by atoms with van der Waals surface area (Å²) in [4.78, 5) is 11.6. The van der Waals surface area contributed by atoms with E-state index in [9.17, 15) is 4.79 Å². The minimum Gasteiger partial charge on any atom is -0.488 e. The van der Waals surface area contributed by atoms with Crippen LogP contribution in [0.2, 0.25) is 0 Å². The maximum Gasteiger partial charge on any atom is 0.323 e. The van der Waals surface area contributed by atoms with Crippen LogP contribution in [0, 0.1) is 0 Å². The van der Waals surface area contributed by atoms with Crippen LogP contribution in [0.4, 0.5) is 0 Å². The lowest BCUT2D eigenvalue weighted by Gasteiger charge is -2.27. The van der Waals surface area contributed by atoms with E-state index < -0.39 is 0 Å². The third-order valence-electron chi connectivity index (χ3n) is 5.02. The van der Waals surface area contributed by atoms with Gasteiger partial charge in [0.05, 0.1) is 11.6 Å². The van der Waals surface area contributed by atoms with E-state index in [2.05, 4.69) is 71.5 Å². The Hall–Kier alpha value is -1.56. The van der Waals surface area contributed by atoms with E-state index >= 15 is 0 Å². The molecular formula is C21H25BrClNO3. The highest BCUT2D eigenvalue weighted by Gasteiger charge is 2.32. The summed E-state index contributed by atoms with van der Waals surface area (Å²) in [5.41, 5.74) is 2.37. The number of carbonyl (C=O) groups is 1. The number of nitrogens with one attached hydrogen (secondary N) is 1. The van der Waals surface area contributed by atoms with Crippen LogP contribution in [0.3, 0.4) is 0 Å². The zero-order valence-corrected chi connectivity index (χ0v) is 18.1. The molecule has 0 spiro atoms. The SMILES string of the molecule is COC(=O)[C@@H]1C[C@@H](Oc2ccc(C(C)(C)c3ccccc3)cc2Br)CN1.Cl. The van der Waals surface area contributed by atoms with Crippen molar-refractivity contribution in [3.63, 3.8) is 0 Å². The third kappa shape index (κ3) is 4.84. The molecule has 0 bridgehead atoms. The van der Waals surface area contributed by atoms with Gasteiger partial charge >= 0.3 is 5.97 Å². The van der Waals surface area contributed by atoms with Crippen molar-refractivity contribution < 1.29 is 14.3 Å². The summed E-state index contributed by atoms with van der Waals surface area (Å²) >= 11 is 3.64. The Balaban J connectivity index is 0.00000261. The van der Waals surface area contributed by atoms with Crippen LogP contribution < -0.4 is 10.1 Å². The van der Waals surface area contributed by atoms with Gasteiger partial charge in [0.25, 0.3) is 0 Å². The first-order valence-corrected chi connectivity index (χ1v) is 9.54. The third-order valence-corrected chi connectivity index (χ3v) is 5.64. The van der Waals surface area contributed by atoms with Crippen LogP contribution in [0.5, 0.6) is 5.75 Å². The highest BCUT2D eigenvalue weighted by Crippen LogP contribution is 2.36. The summed E-state index contributed by atoms with van der Waals surface area (Å²) in [5, 5.41) is 3.14. The Labute approximate surface area is 175 Å². The van der Waals surface area contributed by atoms with Gasteiger partial charge in [0.1, 0.15) is 17.9 Å². The van der Waals surface area contributed by atoms with Crippen LogP contribution in [-0.2, 0) is 14.9 Å². The molecule has 1 fully saturated rings. The molecule has 0 unspecified atom stereocenters. The van der Waals surface area contributed by atoms with E-state index in [4.69, 9.17) is 9.47 Å². The molecule has 0 aliphatic carbocycles. The van der Waals surface area contributed by atoms with E-state index in [1.807, 2.05) is 12.1 Å². The number of hydrogen-bond donors (Lipinski definition) is 1. The molecule has 1 aliphatic rings.